The number of rotatable bonds is 10. The number of fused-ring (bicyclic) bond motifs is 3. The lowest BCUT2D eigenvalue weighted by Crippen LogP contribution is -2.70. The van der Waals surface area contributed by atoms with Crippen molar-refractivity contribution < 1.29 is 46.5 Å². The number of carbonyl (C=O) groups excluding carboxylic acids is 2. The predicted molar refractivity (Wildman–Crippen MR) is 126 cm³/mol. The Morgan fingerprint density at radius 3 is 2.16 bits per heavy atom. The zero-order valence-corrected chi connectivity index (χ0v) is 20.7. The van der Waals surface area contributed by atoms with E-state index in [4.69, 9.17) is 21.1 Å². The molecular formula is C25H25ClF4N2O6. The van der Waals surface area contributed by atoms with Crippen molar-refractivity contribution in [2.24, 2.45) is 0 Å². The van der Waals surface area contributed by atoms with Gasteiger partial charge >= 0.3 is 6.61 Å². The van der Waals surface area contributed by atoms with Gasteiger partial charge in [-0.15, -0.1) is 0 Å². The summed E-state index contributed by atoms with van der Waals surface area (Å²) in [6.07, 6.45) is 0.968. The topological polar surface area (TPSA) is 106 Å². The van der Waals surface area contributed by atoms with Crippen LogP contribution in [0, 0.1) is 11.6 Å². The summed E-state index contributed by atoms with van der Waals surface area (Å²) in [6.45, 7) is -4.08. The van der Waals surface area contributed by atoms with Gasteiger partial charge < -0.3 is 30.0 Å². The molecule has 0 unspecified atom stereocenters. The van der Waals surface area contributed by atoms with E-state index in [-0.39, 0.29) is 29.5 Å². The van der Waals surface area contributed by atoms with Gasteiger partial charge in [-0.1, -0.05) is 11.6 Å². The largest absolute Gasteiger partial charge is 0.484 e. The molecule has 13 heteroatoms. The first-order chi connectivity index (χ1) is 18.0. The maximum atomic E-state index is 13.6. The van der Waals surface area contributed by atoms with Crippen LogP contribution >= 0.6 is 11.6 Å². The van der Waals surface area contributed by atoms with E-state index in [2.05, 4.69) is 15.4 Å². The Balaban J connectivity index is 1.27. The second-order valence-electron chi connectivity index (χ2n) is 9.38. The summed E-state index contributed by atoms with van der Waals surface area (Å²) in [7, 11) is 0. The minimum absolute atomic E-state index is 0.0349. The fraction of sp³-hybridized carbons (Fsp3) is 0.440. The van der Waals surface area contributed by atoms with E-state index in [0.717, 1.165) is 18.2 Å². The fourth-order valence-corrected chi connectivity index (χ4v) is 5.05. The molecule has 0 aliphatic heterocycles. The average Bonchev–Trinajstić information content (AvgIpc) is 2.86. The number of hydrogen-bond acceptors (Lipinski definition) is 6. The fourth-order valence-electron chi connectivity index (χ4n) is 4.93. The van der Waals surface area contributed by atoms with Crippen LogP contribution in [-0.4, -0.2) is 53.9 Å². The molecule has 0 radical (unpaired) electrons. The van der Waals surface area contributed by atoms with Crippen molar-refractivity contribution in [3.63, 3.8) is 0 Å². The van der Waals surface area contributed by atoms with Crippen LogP contribution < -0.4 is 24.8 Å². The highest BCUT2D eigenvalue weighted by Gasteiger charge is 2.55. The summed E-state index contributed by atoms with van der Waals surface area (Å²) in [6, 6.07) is 6.79. The lowest BCUT2D eigenvalue weighted by atomic mass is 9.60. The highest BCUT2D eigenvalue weighted by Crippen LogP contribution is 2.47. The van der Waals surface area contributed by atoms with Gasteiger partial charge in [-0.3, -0.25) is 9.59 Å². The molecule has 3 aliphatic carbocycles. The molecule has 8 nitrogen and oxygen atoms in total. The number of alkyl halides is 2. The average molecular weight is 561 g/mol. The first kappa shape index (κ1) is 27.8. The molecule has 2 amide bonds. The molecule has 3 fully saturated rings. The van der Waals surface area contributed by atoms with Gasteiger partial charge in [-0.25, -0.2) is 8.78 Å². The Morgan fingerprint density at radius 1 is 0.947 bits per heavy atom. The number of aliphatic hydroxyl groups is 1. The van der Waals surface area contributed by atoms with Crippen LogP contribution in [0.3, 0.4) is 0 Å². The number of carbonyl (C=O) groups is 2. The van der Waals surface area contributed by atoms with Crippen molar-refractivity contribution in [1.82, 2.24) is 10.6 Å². The number of amides is 2. The second-order valence-corrected chi connectivity index (χ2v) is 9.78. The lowest BCUT2D eigenvalue weighted by molar-refractivity contribution is -0.137. The van der Waals surface area contributed by atoms with Crippen molar-refractivity contribution in [3.8, 4) is 17.2 Å². The monoisotopic (exact) mass is 560 g/mol. The summed E-state index contributed by atoms with van der Waals surface area (Å²) in [5, 5.41) is 16.5. The van der Waals surface area contributed by atoms with Gasteiger partial charge in [0.15, 0.2) is 24.8 Å². The summed E-state index contributed by atoms with van der Waals surface area (Å²) < 4.78 is 66.6. The molecule has 1 atom stereocenters. The molecule has 5 rings (SSSR count). The van der Waals surface area contributed by atoms with E-state index in [1.54, 1.807) is 0 Å². The Morgan fingerprint density at radius 2 is 1.55 bits per heavy atom. The first-order valence-corrected chi connectivity index (χ1v) is 12.1. The molecule has 3 N–H and O–H groups in total. The molecule has 2 aromatic rings. The Labute approximate surface area is 220 Å². The lowest BCUT2D eigenvalue weighted by Gasteiger charge is -2.56. The number of benzene rings is 2. The zero-order valence-electron chi connectivity index (χ0n) is 19.9. The smallest absolute Gasteiger partial charge is 0.387 e. The third-order valence-corrected chi connectivity index (χ3v) is 7.17. The number of ether oxygens (including phenoxy) is 3. The standard InChI is InChI=1S/C25H25ClF4N2O6/c26-16-3-1-14(9-18(16)28)36-13-22(35)32-25-7-5-24(6-8-25,11-20(25)33)31-21(34)12-37-15-2-4-17(27)19(10-15)38-23(29)30/h1-4,9-10,20,23,33H,5-8,11-13H2,(H,31,34)(H,32,35)/t20-,24?,25?/m0/s1. The van der Waals surface area contributed by atoms with Crippen LogP contribution in [0.2, 0.25) is 5.02 Å². The summed E-state index contributed by atoms with van der Waals surface area (Å²) >= 11 is 5.63. The molecule has 3 saturated carbocycles. The van der Waals surface area contributed by atoms with Gasteiger partial charge in [-0.05, 0) is 56.4 Å². The van der Waals surface area contributed by atoms with E-state index < -0.39 is 59.6 Å². The normalized spacial score (nSPS) is 24.1. The van der Waals surface area contributed by atoms with Gasteiger partial charge in [-0.2, -0.15) is 8.78 Å². The molecule has 0 heterocycles. The van der Waals surface area contributed by atoms with Crippen LogP contribution in [0.25, 0.3) is 0 Å². The SMILES string of the molecule is O=C(COc1ccc(F)c(OC(F)F)c1)NC12CCC(NC(=O)COc3ccc(Cl)c(F)c3)(CC1)[C@@H](O)C2. The third kappa shape index (κ3) is 6.41. The Hall–Kier alpha value is -3.25. The van der Waals surface area contributed by atoms with Gasteiger partial charge in [0.2, 0.25) is 0 Å². The highest BCUT2D eigenvalue weighted by atomic mass is 35.5. The van der Waals surface area contributed by atoms with Crippen molar-refractivity contribution in [2.75, 3.05) is 13.2 Å². The maximum Gasteiger partial charge on any atom is 0.387 e. The van der Waals surface area contributed by atoms with E-state index >= 15 is 0 Å². The number of hydrogen-bond donors (Lipinski definition) is 3. The van der Waals surface area contributed by atoms with Gasteiger partial charge in [0.05, 0.1) is 16.7 Å². The maximum absolute atomic E-state index is 13.6. The predicted octanol–water partition coefficient (Wildman–Crippen LogP) is 3.73. The summed E-state index contributed by atoms with van der Waals surface area (Å²) in [5.41, 5.74) is -1.60. The molecule has 0 saturated heterocycles. The van der Waals surface area contributed by atoms with Crippen LogP contribution in [0.1, 0.15) is 32.1 Å². The number of halogens is 5. The molecule has 3 aliphatic rings. The van der Waals surface area contributed by atoms with Crippen LogP contribution in [0.15, 0.2) is 36.4 Å². The van der Waals surface area contributed by atoms with Gasteiger partial charge in [0.1, 0.15) is 17.3 Å². The summed E-state index contributed by atoms with van der Waals surface area (Å²) in [5.74, 6) is -3.28. The highest BCUT2D eigenvalue weighted by molar-refractivity contribution is 6.30. The summed E-state index contributed by atoms with van der Waals surface area (Å²) in [4.78, 5) is 25.1. The molecule has 2 aromatic carbocycles. The molecule has 2 bridgehead atoms. The van der Waals surface area contributed by atoms with Crippen molar-refractivity contribution in [1.29, 1.82) is 0 Å². The second kappa shape index (κ2) is 11.2. The van der Waals surface area contributed by atoms with Crippen LogP contribution in [-0.2, 0) is 9.59 Å². The van der Waals surface area contributed by atoms with Gasteiger partial charge in [0.25, 0.3) is 11.8 Å². The van der Waals surface area contributed by atoms with Gasteiger partial charge in [0, 0.05) is 17.7 Å². The van der Waals surface area contributed by atoms with Crippen LogP contribution in [0.5, 0.6) is 17.2 Å². The van der Waals surface area contributed by atoms with Crippen LogP contribution in [0.4, 0.5) is 17.6 Å². The molecule has 0 aromatic heterocycles. The Bertz CT molecular complexity index is 1190. The molecular weight excluding hydrogens is 536 g/mol. The van der Waals surface area contributed by atoms with Crippen molar-refractivity contribution in [3.05, 3.63) is 53.1 Å². The minimum atomic E-state index is -3.22. The first-order valence-electron chi connectivity index (χ1n) is 11.7. The third-order valence-electron chi connectivity index (χ3n) is 6.86. The van der Waals surface area contributed by atoms with E-state index in [9.17, 15) is 32.3 Å². The molecule has 206 valence electrons. The van der Waals surface area contributed by atoms with Crippen molar-refractivity contribution in [2.45, 2.75) is 55.9 Å². The number of nitrogens with one attached hydrogen (secondary N) is 2. The number of aliphatic hydroxyl groups excluding tert-OH is 1. The van der Waals surface area contributed by atoms with E-state index in [1.165, 1.54) is 18.2 Å². The minimum Gasteiger partial charge on any atom is -0.484 e. The molecule has 0 spiro atoms. The quantitative estimate of drug-likeness (QED) is 0.383. The Kier molecular flexibility index (Phi) is 8.22. The van der Waals surface area contributed by atoms with E-state index in [0.29, 0.717) is 25.7 Å². The van der Waals surface area contributed by atoms with E-state index in [1.807, 2.05) is 0 Å². The zero-order chi connectivity index (χ0) is 27.5. The van der Waals surface area contributed by atoms with Crippen molar-refractivity contribution >= 4 is 23.4 Å². The molecule has 38 heavy (non-hydrogen) atoms.